The van der Waals surface area contributed by atoms with Crippen LogP contribution in [0.15, 0.2) is 71.4 Å². The first-order valence-corrected chi connectivity index (χ1v) is 12.0. The molecule has 35 heavy (non-hydrogen) atoms. The number of nitrogens with zero attached hydrogens (tertiary/aromatic N) is 4. The lowest BCUT2D eigenvalue weighted by Gasteiger charge is -2.32. The predicted molar refractivity (Wildman–Crippen MR) is 149 cm³/mol. The first-order valence-electron chi connectivity index (χ1n) is 12.0. The summed E-state index contributed by atoms with van der Waals surface area (Å²) >= 11 is 0. The Balaban J connectivity index is 0.00000171. The average molecular weight is 514 g/mol. The molecule has 0 N–H and O–H groups in total. The molecule has 1 saturated heterocycles. The topological polar surface area (TPSA) is 45.4 Å². The van der Waals surface area contributed by atoms with Crippen molar-refractivity contribution in [3.63, 3.8) is 0 Å². The fourth-order valence-corrected chi connectivity index (χ4v) is 4.98. The highest BCUT2D eigenvalue weighted by Crippen LogP contribution is 2.34. The van der Waals surface area contributed by atoms with Crippen molar-refractivity contribution in [3.8, 4) is 11.1 Å². The zero-order chi connectivity index (χ0) is 22.6. The molecule has 0 amide bonds. The van der Waals surface area contributed by atoms with Gasteiger partial charge in [0, 0.05) is 36.8 Å². The quantitative estimate of drug-likeness (QED) is 0.277. The number of fused-ring (bicyclic) bond motifs is 1. The lowest BCUT2D eigenvalue weighted by Crippen LogP contribution is -2.34. The molecule has 2 aromatic heterocycles. The molecule has 1 fully saturated rings. The second-order valence-electron chi connectivity index (χ2n) is 9.36. The summed E-state index contributed by atoms with van der Waals surface area (Å²) in [7, 11) is 4.20. The number of aromatic nitrogens is 2. The van der Waals surface area contributed by atoms with Gasteiger partial charge in [-0.2, -0.15) is 0 Å². The molecular formula is C28H34Cl2N4O. The monoisotopic (exact) mass is 512 g/mol. The van der Waals surface area contributed by atoms with E-state index in [1.54, 1.807) is 0 Å². The molecule has 4 aromatic rings. The van der Waals surface area contributed by atoms with Gasteiger partial charge in [-0.3, -0.25) is 0 Å². The summed E-state index contributed by atoms with van der Waals surface area (Å²) < 4.78 is 5.96. The number of anilines is 1. The maximum atomic E-state index is 5.96. The third-order valence-electron chi connectivity index (χ3n) is 6.75. The van der Waals surface area contributed by atoms with E-state index in [1.165, 1.54) is 29.5 Å². The number of piperidine rings is 1. The lowest BCUT2D eigenvalue weighted by molar-refractivity contribution is 0.372. The van der Waals surface area contributed by atoms with Gasteiger partial charge in [0.1, 0.15) is 5.82 Å². The second kappa shape index (κ2) is 12.4. The van der Waals surface area contributed by atoms with Crippen LogP contribution in [0, 0.1) is 5.92 Å². The van der Waals surface area contributed by atoms with Crippen molar-refractivity contribution >= 4 is 41.6 Å². The molecule has 5 rings (SSSR count). The summed E-state index contributed by atoms with van der Waals surface area (Å²) in [5.74, 6) is 1.82. The van der Waals surface area contributed by atoms with Crippen LogP contribution in [0.1, 0.15) is 30.5 Å². The van der Waals surface area contributed by atoms with E-state index in [0.29, 0.717) is 0 Å². The van der Waals surface area contributed by atoms with Crippen LogP contribution in [0.2, 0.25) is 0 Å². The number of hydrogen-bond acceptors (Lipinski definition) is 5. The molecule has 0 radical (unpaired) electrons. The molecule has 3 heterocycles. The normalized spacial score (nSPS) is 14.1. The molecule has 1 aliphatic heterocycles. The first-order chi connectivity index (χ1) is 16.2. The standard InChI is InChI=1S/C28H32N4O.2ClH/c1-31(2)20-25-23(22-8-4-3-5-9-22)12-13-24-26(30-33-28(24)25)14-11-21-15-18-32(19-16-21)27-10-6-7-17-29-27;;/h3-10,12-13,17,21H,11,14-16,18-20H2,1-2H3;2*1H. The van der Waals surface area contributed by atoms with Gasteiger partial charge in [0.05, 0.1) is 5.69 Å². The van der Waals surface area contributed by atoms with E-state index < -0.39 is 0 Å². The van der Waals surface area contributed by atoms with Crippen LogP contribution in [-0.4, -0.2) is 42.2 Å². The maximum absolute atomic E-state index is 5.96. The summed E-state index contributed by atoms with van der Waals surface area (Å²) in [6.07, 6.45) is 6.41. The lowest BCUT2D eigenvalue weighted by atomic mass is 9.90. The molecule has 0 atom stereocenters. The summed E-state index contributed by atoms with van der Waals surface area (Å²) in [6, 6.07) is 21.1. The van der Waals surface area contributed by atoms with Crippen LogP contribution in [-0.2, 0) is 13.0 Å². The van der Waals surface area contributed by atoms with Gasteiger partial charge in [0.25, 0.3) is 0 Å². The van der Waals surface area contributed by atoms with Gasteiger partial charge in [-0.15, -0.1) is 24.8 Å². The zero-order valence-electron chi connectivity index (χ0n) is 20.4. The summed E-state index contributed by atoms with van der Waals surface area (Å²) in [6.45, 7) is 2.98. The van der Waals surface area contributed by atoms with Gasteiger partial charge in [0.2, 0.25) is 0 Å². The van der Waals surface area contributed by atoms with E-state index in [4.69, 9.17) is 4.52 Å². The van der Waals surface area contributed by atoms with Gasteiger partial charge in [0.15, 0.2) is 5.58 Å². The van der Waals surface area contributed by atoms with Crippen LogP contribution in [0.3, 0.4) is 0 Å². The van der Waals surface area contributed by atoms with Gasteiger partial charge in [-0.05, 0) is 75.0 Å². The van der Waals surface area contributed by atoms with Crippen molar-refractivity contribution < 1.29 is 4.52 Å². The Morgan fingerprint density at radius 3 is 2.37 bits per heavy atom. The van der Waals surface area contributed by atoms with Gasteiger partial charge >= 0.3 is 0 Å². The summed E-state index contributed by atoms with van der Waals surface area (Å²) in [5.41, 5.74) is 5.68. The van der Waals surface area contributed by atoms with E-state index >= 15 is 0 Å². The third kappa shape index (κ3) is 6.16. The van der Waals surface area contributed by atoms with Crippen molar-refractivity contribution in [2.24, 2.45) is 5.92 Å². The van der Waals surface area contributed by atoms with Crippen LogP contribution < -0.4 is 4.90 Å². The Hall–Kier alpha value is -2.60. The highest BCUT2D eigenvalue weighted by Gasteiger charge is 2.22. The Morgan fingerprint density at radius 1 is 0.943 bits per heavy atom. The van der Waals surface area contributed by atoms with E-state index in [0.717, 1.165) is 60.9 Å². The zero-order valence-corrected chi connectivity index (χ0v) is 22.0. The predicted octanol–water partition coefficient (Wildman–Crippen LogP) is 6.64. The third-order valence-corrected chi connectivity index (χ3v) is 6.75. The maximum Gasteiger partial charge on any atom is 0.172 e. The number of aryl methyl sites for hydroxylation is 1. The van der Waals surface area contributed by atoms with Crippen molar-refractivity contribution in [2.75, 3.05) is 32.1 Å². The molecular weight excluding hydrogens is 479 g/mol. The SMILES string of the molecule is CN(C)Cc1c(-c2ccccc2)ccc2c(CCC3CCN(c4ccccn4)CC3)noc12.Cl.Cl. The van der Waals surface area contributed by atoms with Gasteiger partial charge in [-0.1, -0.05) is 47.6 Å². The van der Waals surface area contributed by atoms with Crippen molar-refractivity contribution in [1.82, 2.24) is 15.0 Å². The molecule has 5 nitrogen and oxygen atoms in total. The van der Waals surface area contributed by atoms with E-state index in [1.807, 2.05) is 12.3 Å². The average Bonchev–Trinajstić information content (AvgIpc) is 3.28. The molecule has 1 aliphatic rings. The molecule has 0 saturated carbocycles. The number of benzene rings is 2. The van der Waals surface area contributed by atoms with Crippen molar-refractivity contribution in [1.29, 1.82) is 0 Å². The summed E-state index contributed by atoms with van der Waals surface area (Å²) in [5, 5.41) is 5.70. The highest BCUT2D eigenvalue weighted by molar-refractivity contribution is 5.89. The van der Waals surface area contributed by atoms with E-state index in [-0.39, 0.29) is 24.8 Å². The Morgan fingerprint density at radius 2 is 1.69 bits per heavy atom. The number of hydrogen-bond donors (Lipinski definition) is 0. The molecule has 186 valence electrons. The van der Waals surface area contributed by atoms with Crippen molar-refractivity contribution in [2.45, 2.75) is 32.2 Å². The minimum atomic E-state index is 0. The van der Waals surface area contributed by atoms with Crippen LogP contribution in [0.4, 0.5) is 5.82 Å². The minimum absolute atomic E-state index is 0. The smallest absolute Gasteiger partial charge is 0.172 e. The van der Waals surface area contributed by atoms with Crippen LogP contribution >= 0.6 is 24.8 Å². The van der Waals surface area contributed by atoms with E-state index in [9.17, 15) is 0 Å². The first kappa shape index (κ1) is 27.0. The number of rotatable bonds is 7. The Kier molecular flexibility index (Phi) is 9.55. The van der Waals surface area contributed by atoms with Crippen LogP contribution in [0.25, 0.3) is 22.1 Å². The molecule has 7 heteroatoms. The number of halogens is 2. The molecule has 0 unspecified atom stereocenters. The Labute approximate surface area is 220 Å². The van der Waals surface area contributed by atoms with E-state index in [2.05, 4.69) is 88.6 Å². The van der Waals surface area contributed by atoms with Crippen molar-refractivity contribution in [3.05, 3.63) is 78.1 Å². The fraction of sp³-hybridized carbons (Fsp3) is 0.357. The number of pyridine rings is 1. The van der Waals surface area contributed by atoms with Gasteiger partial charge in [-0.25, -0.2) is 4.98 Å². The summed E-state index contributed by atoms with van der Waals surface area (Å²) in [4.78, 5) is 9.10. The molecule has 0 bridgehead atoms. The molecule has 2 aromatic carbocycles. The van der Waals surface area contributed by atoms with Crippen LogP contribution in [0.5, 0.6) is 0 Å². The minimum Gasteiger partial charge on any atom is -0.357 e. The second-order valence-corrected chi connectivity index (χ2v) is 9.36. The largest absolute Gasteiger partial charge is 0.357 e. The van der Waals surface area contributed by atoms with Gasteiger partial charge < -0.3 is 14.3 Å². The molecule has 0 spiro atoms. The molecule has 0 aliphatic carbocycles. The Bertz CT molecular complexity index is 1190. The fourth-order valence-electron chi connectivity index (χ4n) is 4.98. The highest BCUT2D eigenvalue weighted by atomic mass is 35.5.